The van der Waals surface area contributed by atoms with E-state index in [1.807, 2.05) is 45.9 Å². The van der Waals surface area contributed by atoms with Crippen LogP contribution in [0.2, 0.25) is 0 Å². The van der Waals surface area contributed by atoms with E-state index in [0.29, 0.717) is 0 Å². The maximum Gasteiger partial charge on any atom is 0.315 e. The van der Waals surface area contributed by atoms with E-state index in [0.717, 1.165) is 16.8 Å². The van der Waals surface area contributed by atoms with E-state index in [1.54, 1.807) is 0 Å². The SMILES string of the molecule is COC(=O)C(C)(C)c1ccc2c(c1)C(C)(C)C(=O)N2. The molecule has 2 rings (SSSR count). The zero-order valence-corrected chi connectivity index (χ0v) is 12.0. The van der Waals surface area contributed by atoms with Gasteiger partial charge in [0, 0.05) is 5.69 Å². The van der Waals surface area contributed by atoms with Crippen molar-refractivity contribution in [1.29, 1.82) is 0 Å². The lowest BCUT2D eigenvalue weighted by atomic mass is 9.79. The second-order valence-corrected chi connectivity index (χ2v) is 5.96. The quantitative estimate of drug-likeness (QED) is 0.831. The van der Waals surface area contributed by atoms with Crippen molar-refractivity contribution < 1.29 is 14.3 Å². The van der Waals surface area contributed by atoms with Crippen molar-refractivity contribution in [2.75, 3.05) is 12.4 Å². The number of carbonyl (C=O) groups excluding carboxylic acids is 2. The monoisotopic (exact) mass is 261 g/mol. The molecule has 0 aliphatic carbocycles. The zero-order chi connectivity index (χ0) is 14.4. The van der Waals surface area contributed by atoms with Gasteiger partial charge in [0.15, 0.2) is 0 Å². The third-order valence-electron chi connectivity index (χ3n) is 3.93. The smallest absolute Gasteiger partial charge is 0.315 e. The van der Waals surface area contributed by atoms with Gasteiger partial charge in [-0.3, -0.25) is 9.59 Å². The van der Waals surface area contributed by atoms with Gasteiger partial charge in [-0.15, -0.1) is 0 Å². The molecule has 1 aliphatic rings. The summed E-state index contributed by atoms with van der Waals surface area (Å²) >= 11 is 0. The summed E-state index contributed by atoms with van der Waals surface area (Å²) in [6.45, 7) is 7.39. The van der Waals surface area contributed by atoms with Crippen molar-refractivity contribution >= 4 is 17.6 Å². The molecular formula is C15H19NO3. The third kappa shape index (κ3) is 1.91. The van der Waals surface area contributed by atoms with Crippen LogP contribution >= 0.6 is 0 Å². The van der Waals surface area contributed by atoms with E-state index in [4.69, 9.17) is 4.74 Å². The van der Waals surface area contributed by atoms with Crippen LogP contribution in [0.5, 0.6) is 0 Å². The van der Waals surface area contributed by atoms with Crippen LogP contribution in [0.25, 0.3) is 0 Å². The van der Waals surface area contributed by atoms with Crippen LogP contribution in [0.3, 0.4) is 0 Å². The van der Waals surface area contributed by atoms with Gasteiger partial charge in [0.2, 0.25) is 5.91 Å². The third-order valence-corrected chi connectivity index (χ3v) is 3.93. The Labute approximate surface area is 113 Å². The first kappa shape index (κ1) is 13.6. The molecule has 4 nitrogen and oxygen atoms in total. The van der Waals surface area contributed by atoms with Crippen molar-refractivity contribution in [2.24, 2.45) is 0 Å². The van der Waals surface area contributed by atoms with E-state index < -0.39 is 10.8 Å². The minimum absolute atomic E-state index is 0.0180. The highest BCUT2D eigenvalue weighted by molar-refractivity contribution is 6.05. The summed E-state index contributed by atoms with van der Waals surface area (Å²) < 4.78 is 4.84. The first-order chi connectivity index (χ1) is 8.71. The summed E-state index contributed by atoms with van der Waals surface area (Å²) in [6, 6.07) is 5.63. The standard InChI is InChI=1S/C15H19NO3/c1-14(2,13(18)19-5)9-6-7-11-10(8-9)15(3,4)12(17)16-11/h6-8H,1-5H3,(H,16,17). The highest BCUT2D eigenvalue weighted by Gasteiger charge is 2.40. The number of esters is 1. The summed E-state index contributed by atoms with van der Waals surface area (Å²) in [4.78, 5) is 23.8. The lowest BCUT2D eigenvalue weighted by molar-refractivity contribution is -0.146. The van der Waals surface area contributed by atoms with Crippen molar-refractivity contribution in [3.8, 4) is 0 Å². The van der Waals surface area contributed by atoms with Crippen molar-refractivity contribution in [2.45, 2.75) is 38.5 Å². The molecule has 0 saturated heterocycles. The van der Waals surface area contributed by atoms with Crippen molar-refractivity contribution in [3.05, 3.63) is 29.3 Å². The van der Waals surface area contributed by atoms with Crippen LogP contribution in [0.1, 0.15) is 38.8 Å². The Morgan fingerprint density at radius 3 is 2.53 bits per heavy atom. The minimum atomic E-state index is -0.731. The predicted octanol–water partition coefficient (Wildman–Crippen LogP) is 2.37. The molecule has 1 N–H and O–H groups in total. The molecule has 0 fully saturated rings. The number of carbonyl (C=O) groups is 2. The van der Waals surface area contributed by atoms with E-state index in [1.165, 1.54) is 7.11 Å². The number of rotatable bonds is 2. The van der Waals surface area contributed by atoms with Crippen LogP contribution < -0.4 is 5.32 Å². The highest BCUT2D eigenvalue weighted by atomic mass is 16.5. The van der Waals surface area contributed by atoms with Crippen LogP contribution in [-0.4, -0.2) is 19.0 Å². The fourth-order valence-electron chi connectivity index (χ4n) is 2.33. The van der Waals surface area contributed by atoms with E-state index in [9.17, 15) is 9.59 Å². The minimum Gasteiger partial charge on any atom is -0.468 e. The van der Waals surface area contributed by atoms with E-state index >= 15 is 0 Å². The van der Waals surface area contributed by atoms with Gasteiger partial charge in [0.05, 0.1) is 17.9 Å². The van der Waals surface area contributed by atoms with Gasteiger partial charge >= 0.3 is 5.97 Å². The molecule has 1 amide bonds. The fourth-order valence-corrected chi connectivity index (χ4v) is 2.33. The number of anilines is 1. The molecule has 0 atom stereocenters. The van der Waals surface area contributed by atoms with Crippen molar-refractivity contribution in [1.82, 2.24) is 0 Å². The topological polar surface area (TPSA) is 55.4 Å². The molecule has 0 unspecified atom stereocenters. The normalized spacial score (nSPS) is 16.8. The molecule has 0 saturated carbocycles. The average Bonchev–Trinajstić information content (AvgIpc) is 2.59. The Morgan fingerprint density at radius 2 is 1.95 bits per heavy atom. The molecular weight excluding hydrogens is 242 g/mol. The summed E-state index contributed by atoms with van der Waals surface area (Å²) in [7, 11) is 1.38. The van der Waals surface area contributed by atoms with Gasteiger partial charge in [-0.1, -0.05) is 12.1 Å². The number of nitrogens with one attached hydrogen (secondary N) is 1. The van der Waals surface area contributed by atoms with Gasteiger partial charge < -0.3 is 10.1 Å². The molecule has 1 aromatic rings. The largest absolute Gasteiger partial charge is 0.468 e. The van der Waals surface area contributed by atoms with Gasteiger partial charge in [0.1, 0.15) is 0 Å². The number of ether oxygens (including phenoxy) is 1. The molecule has 0 aromatic heterocycles. The first-order valence-corrected chi connectivity index (χ1v) is 6.26. The first-order valence-electron chi connectivity index (χ1n) is 6.26. The Hall–Kier alpha value is -1.84. The number of amides is 1. The number of fused-ring (bicyclic) bond motifs is 1. The number of methoxy groups -OCH3 is 1. The maximum atomic E-state index is 11.9. The van der Waals surface area contributed by atoms with Gasteiger partial charge in [-0.05, 0) is 44.9 Å². The van der Waals surface area contributed by atoms with Crippen LogP contribution in [0, 0.1) is 0 Å². The van der Waals surface area contributed by atoms with Crippen molar-refractivity contribution in [3.63, 3.8) is 0 Å². The highest BCUT2D eigenvalue weighted by Crippen LogP contribution is 2.39. The molecule has 0 bridgehead atoms. The van der Waals surface area contributed by atoms with Crippen LogP contribution in [-0.2, 0) is 25.2 Å². The summed E-state index contributed by atoms with van der Waals surface area (Å²) in [5, 5.41) is 2.85. The lowest BCUT2D eigenvalue weighted by Crippen LogP contribution is -2.31. The zero-order valence-electron chi connectivity index (χ0n) is 12.0. The molecule has 1 aliphatic heterocycles. The molecule has 1 aromatic carbocycles. The predicted molar refractivity (Wildman–Crippen MR) is 73.1 cm³/mol. The number of hydrogen-bond donors (Lipinski definition) is 1. The molecule has 19 heavy (non-hydrogen) atoms. The number of hydrogen-bond acceptors (Lipinski definition) is 3. The maximum absolute atomic E-state index is 11.9. The summed E-state index contributed by atoms with van der Waals surface area (Å²) in [5.74, 6) is -0.307. The van der Waals surface area contributed by atoms with Crippen LogP contribution in [0.15, 0.2) is 18.2 Å². The van der Waals surface area contributed by atoms with E-state index in [-0.39, 0.29) is 11.9 Å². The Bertz CT molecular complexity index is 559. The van der Waals surface area contributed by atoms with E-state index in [2.05, 4.69) is 5.32 Å². The lowest BCUT2D eigenvalue weighted by Gasteiger charge is -2.24. The molecule has 0 radical (unpaired) electrons. The molecule has 102 valence electrons. The molecule has 1 heterocycles. The van der Waals surface area contributed by atoms with Gasteiger partial charge in [-0.25, -0.2) is 0 Å². The molecule has 4 heteroatoms. The Balaban J connectivity index is 2.52. The molecule has 0 spiro atoms. The average molecular weight is 261 g/mol. The van der Waals surface area contributed by atoms with Gasteiger partial charge in [-0.2, -0.15) is 0 Å². The Morgan fingerprint density at radius 1 is 1.32 bits per heavy atom. The van der Waals surface area contributed by atoms with Gasteiger partial charge in [0.25, 0.3) is 0 Å². The fraction of sp³-hybridized carbons (Fsp3) is 0.467. The number of benzene rings is 1. The summed E-state index contributed by atoms with van der Waals surface area (Å²) in [6.07, 6.45) is 0. The Kier molecular flexibility index (Phi) is 2.92. The summed E-state index contributed by atoms with van der Waals surface area (Å²) in [5.41, 5.74) is 1.29. The second-order valence-electron chi connectivity index (χ2n) is 5.96. The van der Waals surface area contributed by atoms with Crippen LogP contribution in [0.4, 0.5) is 5.69 Å². The second kappa shape index (κ2) is 4.08.